The van der Waals surface area contributed by atoms with Crippen LogP contribution >= 0.6 is 0 Å². The number of rotatable bonds is 4. The maximum atomic E-state index is 12.3. The largest absolute Gasteiger partial charge is 0.378 e. The van der Waals surface area contributed by atoms with Crippen LogP contribution in [-0.2, 0) is 4.74 Å². The van der Waals surface area contributed by atoms with Gasteiger partial charge in [0, 0.05) is 25.4 Å². The molecular weight excluding hydrogens is 328 g/mol. The zero-order valence-corrected chi connectivity index (χ0v) is 14.8. The Hall–Kier alpha value is -2.47. The Labute approximate surface area is 153 Å². The smallest absolute Gasteiger partial charge is 0.276 e. The Morgan fingerprint density at radius 2 is 1.85 bits per heavy atom. The predicted octanol–water partition coefficient (Wildman–Crippen LogP) is 3.12. The van der Waals surface area contributed by atoms with Crippen LogP contribution in [0.25, 0.3) is 0 Å². The van der Waals surface area contributed by atoms with Crippen LogP contribution in [0.5, 0.6) is 0 Å². The minimum absolute atomic E-state index is 0.243. The van der Waals surface area contributed by atoms with Gasteiger partial charge in [-0.05, 0) is 55.9 Å². The Morgan fingerprint density at radius 3 is 2.50 bits per heavy atom. The van der Waals surface area contributed by atoms with E-state index in [1.807, 2.05) is 36.4 Å². The van der Waals surface area contributed by atoms with Gasteiger partial charge >= 0.3 is 0 Å². The Balaban J connectivity index is 1.33. The van der Waals surface area contributed by atoms with Crippen LogP contribution in [0.4, 0.5) is 11.5 Å². The Bertz CT molecular complexity index is 721. The molecule has 1 N–H and O–H groups in total. The van der Waals surface area contributed by atoms with Gasteiger partial charge in [-0.25, -0.2) is 0 Å². The highest BCUT2D eigenvalue weighted by Gasteiger charge is 2.29. The molecule has 1 atom stereocenters. The lowest BCUT2D eigenvalue weighted by Gasteiger charge is -2.34. The standard InChI is InChI=1S/C20H24N4O2/c25-20(21-16-5-2-1-3-6-16)17-8-9-19(23-22-17)24-12-10-15(11-13-24)18-7-4-14-26-18/h1-3,5-6,8-9,15,18H,4,7,10-14H2,(H,21,25). The number of amides is 1. The van der Waals surface area contributed by atoms with Crippen molar-refractivity contribution in [3.63, 3.8) is 0 Å². The van der Waals surface area contributed by atoms with E-state index in [1.54, 1.807) is 6.07 Å². The van der Waals surface area contributed by atoms with Crippen molar-refractivity contribution in [2.45, 2.75) is 31.8 Å². The number of hydrogen-bond acceptors (Lipinski definition) is 5. The lowest BCUT2D eigenvalue weighted by Crippen LogP contribution is -2.38. The number of ether oxygens (including phenoxy) is 1. The minimum atomic E-state index is -0.243. The molecule has 2 fully saturated rings. The number of para-hydroxylation sites is 1. The lowest BCUT2D eigenvalue weighted by molar-refractivity contribution is 0.0531. The second-order valence-electron chi connectivity index (χ2n) is 6.97. The van der Waals surface area contributed by atoms with Gasteiger partial charge in [-0.15, -0.1) is 10.2 Å². The summed E-state index contributed by atoms with van der Waals surface area (Å²) in [6, 6.07) is 13.0. The highest BCUT2D eigenvalue weighted by Crippen LogP contribution is 2.30. The van der Waals surface area contributed by atoms with Gasteiger partial charge in [-0.2, -0.15) is 0 Å². The van der Waals surface area contributed by atoms with Crippen molar-refractivity contribution >= 4 is 17.4 Å². The van der Waals surface area contributed by atoms with Crippen LogP contribution in [0.15, 0.2) is 42.5 Å². The van der Waals surface area contributed by atoms with Crippen molar-refractivity contribution in [3.05, 3.63) is 48.2 Å². The van der Waals surface area contributed by atoms with Gasteiger partial charge in [0.25, 0.3) is 5.91 Å². The van der Waals surface area contributed by atoms with Crippen molar-refractivity contribution in [3.8, 4) is 0 Å². The summed E-state index contributed by atoms with van der Waals surface area (Å²) in [7, 11) is 0. The third-order valence-corrected chi connectivity index (χ3v) is 5.27. The molecule has 2 aromatic rings. The maximum Gasteiger partial charge on any atom is 0.276 e. The Kier molecular flexibility index (Phi) is 5.11. The number of nitrogens with zero attached hydrogens (tertiary/aromatic N) is 3. The fourth-order valence-corrected chi connectivity index (χ4v) is 3.81. The van der Waals surface area contributed by atoms with Crippen molar-refractivity contribution < 1.29 is 9.53 Å². The molecule has 1 amide bonds. The monoisotopic (exact) mass is 352 g/mol. The molecule has 0 spiro atoms. The molecular formula is C20H24N4O2. The van der Waals surface area contributed by atoms with Crippen LogP contribution in [0.2, 0.25) is 0 Å². The summed E-state index contributed by atoms with van der Waals surface area (Å²) in [4.78, 5) is 14.5. The SMILES string of the molecule is O=C(Nc1ccccc1)c1ccc(N2CCC(C3CCCO3)CC2)nn1. The molecule has 26 heavy (non-hydrogen) atoms. The zero-order chi connectivity index (χ0) is 17.8. The van der Waals surface area contributed by atoms with Crippen LogP contribution < -0.4 is 10.2 Å². The number of anilines is 2. The fraction of sp³-hybridized carbons (Fsp3) is 0.450. The molecule has 0 aliphatic carbocycles. The molecule has 2 aliphatic rings. The van der Waals surface area contributed by atoms with Crippen LogP contribution in [0, 0.1) is 5.92 Å². The zero-order valence-electron chi connectivity index (χ0n) is 14.8. The third-order valence-electron chi connectivity index (χ3n) is 5.27. The molecule has 3 heterocycles. The minimum Gasteiger partial charge on any atom is -0.378 e. The maximum absolute atomic E-state index is 12.3. The molecule has 1 unspecified atom stereocenters. The molecule has 1 aromatic heterocycles. The summed E-state index contributed by atoms with van der Waals surface area (Å²) < 4.78 is 5.83. The van der Waals surface area contributed by atoms with E-state index < -0.39 is 0 Å². The van der Waals surface area contributed by atoms with Gasteiger partial charge in [0.05, 0.1) is 6.10 Å². The number of carbonyl (C=O) groups excluding carboxylic acids is 1. The van der Waals surface area contributed by atoms with E-state index in [9.17, 15) is 4.79 Å². The number of hydrogen-bond donors (Lipinski definition) is 1. The van der Waals surface area contributed by atoms with Crippen molar-refractivity contribution in [1.82, 2.24) is 10.2 Å². The van der Waals surface area contributed by atoms with Gasteiger partial charge in [-0.3, -0.25) is 4.79 Å². The van der Waals surface area contributed by atoms with Crippen LogP contribution in [0.1, 0.15) is 36.2 Å². The number of aromatic nitrogens is 2. The van der Waals surface area contributed by atoms with Crippen molar-refractivity contribution in [1.29, 1.82) is 0 Å². The number of carbonyl (C=O) groups is 1. The lowest BCUT2D eigenvalue weighted by atomic mass is 9.90. The quantitative estimate of drug-likeness (QED) is 0.916. The first-order valence-corrected chi connectivity index (χ1v) is 9.36. The first-order chi connectivity index (χ1) is 12.8. The van der Waals surface area contributed by atoms with Gasteiger partial charge in [0.1, 0.15) is 0 Å². The average Bonchev–Trinajstić information content (AvgIpc) is 3.24. The van der Waals surface area contributed by atoms with E-state index in [-0.39, 0.29) is 5.91 Å². The summed E-state index contributed by atoms with van der Waals surface area (Å²) in [5.74, 6) is 1.26. The normalized spacial score (nSPS) is 20.9. The topological polar surface area (TPSA) is 67.4 Å². The number of benzene rings is 1. The highest BCUT2D eigenvalue weighted by atomic mass is 16.5. The Morgan fingerprint density at radius 1 is 1.04 bits per heavy atom. The molecule has 2 saturated heterocycles. The number of nitrogens with one attached hydrogen (secondary N) is 1. The molecule has 0 radical (unpaired) electrons. The molecule has 136 valence electrons. The molecule has 0 saturated carbocycles. The molecule has 6 nitrogen and oxygen atoms in total. The highest BCUT2D eigenvalue weighted by molar-refractivity contribution is 6.02. The second-order valence-corrected chi connectivity index (χ2v) is 6.97. The van der Waals surface area contributed by atoms with E-state index in [2.05, 4.69) is 20.4 Å². The summed E-state index contributed by atoms with van der Waals surface area (Å²) in [6.45, 7) is 2.85. The van der Waals surface area contributed by atoms with Gasteiger partial charge in [0.15, 0.2) is 11.5 Å². The van der Waals surface area contributed by atoms with E-state index in [1.165, 1.54) is 12.8 Å². The second kappa shape index (κ2) is 7.83. The van der Waals surface area contributed by atoms with Gasteiger partial charge in [-0.1, -0.05) is 18.2 Å². The fourth-order valence-electron chi connectivity index (χ4n) is 3.81. The molecule has 1 aromatic carbocycles. The van der Waals surface area contributed by atoms with Crippen LogP contribution in [-0.4, -0.2) is 41.9 Å². The van der Waals surface area contributed by atoms with Crippen molar-refractivity contribution in [2.24, 2.45) is 5.92 Å². The molecule has 0 bridgehead atoms. The molecule has 2 aliphatic heterocycles. The molecule has 6 heteroatoms. The first kappa shape index (κ1) is 17.0. The number of piperidine rings is 1. The summed E-state index contributed by atoms with van der Waals surface area (Å²) in [6.07, 6.45) is 5.11. The predicted molar refractivity (Wildman–Crippen MR) is 100 cm³/mol. The average molecular weight is 352 g/mol. The van der Waals surface area contributed by atoms with E-state index in [0.29, 0.717) is 17.7 Å². The first-order valence-electron chi connectivity index (χ1n) is 9.36. The van der Waals surface area contributed by atoms with Crippen molar-refractivity contribution in [2.75, 3.05) is 29.9 Å². The van der Waals surface area contributed by atoms with E-state index >= 15 is 0 Å². The summed E-state index contributed by atoms with van der Waals surface area (Å²) in [5.41, 5.74) is 1.08. The van der Waals surface area contributed by atoms with Gasteiger partial charge < -0.3 is 15.0 Å². The third kappa shape index (κ3) is 3.85. The van der Waals surface area contributed by atoms with E-state index in [0.717, 1.165) is 44.0 Å². The van der Waals surface area contributed by atoms with E-state index in [4.69, 9.17) is 4.74 Å². The van der Waals surface area contributed by atoms with Gasteiger partial charge in [0.2, 0.25) is 0 Å². The summed E-state index contributed by atoms with van der Waals surface area (Å²) in [5, 5.41) is 11.2. The van der Waals surface area contributed by atoms with Crippen LogP contribution in [0.3, 0.4) is 0 Å². The summed E-state index contributed by atoms with van der Waals surface area (Å²) >= 11 is 0. The molecule has 4 rings (SSSR count).